The van der Waals surface area contributed by atoms with Crippen molar-refractivity contribution >= 4 is 16.7 Å². The van der Waals surface area contributed by atoms with Crippen molar-refractivity contribution in [3.05, 3.63) is 83.9 Å². The van der Waals surface area contributed by atoms with E-state index in [1.54, 1.807) is 0 Å². The second-order valence-corrected chi connectivity index (χ2v) is 5.73. The Labute approximate surface area is 136 Å². The van der Waals surface area contributed by atoms with Gasteiger partial charge in [0.25, 0.3) is 0 Å². The van der Waals surface area contributed by atoms with Crippen LogP contribution in [0.2, 0.25) is 0 Å². The Kier molecular flexibility index (Phi) is 4.72. The molecule has 1 atom stereocenters. The molecule has 2 nitrogen and oxygen atoms in total. The molecular weight excluding hydrogens is 284 g/mol. The third-order valence-corrected chi connectivity index (χ3v) is 3.99. The lowest BCUT2D eigenvalue weighted by Crippen LogP contribution is -2.09. The minimum absolute atomic E-state index is 0.194. The summed E-state index contributed by atoms with van der Waals surface area (Å²) in [6.45, 7) is 1.46. The van der Waals surface area contributed by atoms with Gasteiger partial charge in [0.2, 0.25) is 0 Å². The molecule has 0 fully saturated rings. The number of hydrogen-bond donors (Lipinski definition) is 0. The van der Waals surface area contributed by atoms with Crippen LogP contribution in [-0.4, -0.2) is 5.97 Å². The molecule has 0 N–H and O–H groups in total. The van der Waals surface area contributed by atoms with Gasteiger partial charge >= 0.3 is 5.97 Å². The predicted octanol–water partition coefficient (Wildman–Crippen LogP) is 5.08. The average molecular weight is 304 g/mol. The van der Waals surface area contributed by atoms with Gasteiger partial charge in [-0.25, -0.2) is 0 Å². The molecule has 3 aromatic carbocycles. The predicted molar refractivity (Wildman–Crippen MR) is 93.2 cm³/mol. The van der Waals surface area contributed by atoms with Crippen LogP contribution in [0.1, 0.15) is 30.6 Å². The van der Waals surface area contributed by atoms with Gasteiger partial charge in [-0.2, -0.15) is 0 Å². The van der Waals surface area contributed by atoms with Crippen LogP contribution in [-0.2, 0) is 16.0 Å². The molecule has 1 unspecified atom stereocenters. The van der Waals surface area contributed by atoms with Gasteiger partial charge in [0, 0.05) is 6.92 Å². The fraction of sp³-hybridized carbons (Fsp3) is 0.190. The SMILES string of the molecule is CC(=O)OC(CCc1ccc2ccccc2c1)c1ccccc1. The van der Waals surface area contributed by atoms with Crippen LogP contribution in [0.15, 0.2) is 72.8 Å². The molecule has 0 radical (unpaired) electrons. The number of benzene rings is 3. The quantitative estimate of drug-likeness (QED) is 0.615. The second kappa shape index (κ2) is 7.10. The van der Waals surface area contributed by atoms with E-state index in [0.29, 0.717) is 0 Å². The zero-order valence-corrected chi connectivity index (χ0v) is 13.2. The fourth-order valence-corrected chi connectivity index (χ4v) is 2.85. The molecule has 0 aliphatic heterocycles. The molecule has 0 bridgehead atoms. The van der Waals surface area contributed by atoms with Crippen LogP contribution in [0.3, 0.4) is 0 Å². The number of carbonyl (C=O) groups is 1. The minimum atomic E-state index is -0.239. The summed E-state index contributed by atoms with van der Waals surface area (Å²) in [6, 6.07) is 24.8. The number of aryl methyl sites for hydroxylation is 1. The van der Waals surface area contributed by atoms with Gasteiger partial charge in [0.05, 0.1) is 0 Å². The van der Waals surface area contributed by atoms with Crippen molar-refractivity contribution in [1.82, 2.24) is 0 Å². The molecule has 0 saturated heterocycles. The average Bonchev–Trinajstić information content (AvgIpc) is 2.59. The monoisotopic (exact) mass is 304 g/mol. The second-order valence-electron chi connectivity index (χ2n) is 5.73. The van der Waals surface area contributed by atoms with Gasteiger partial charge in [-0.1, -0.05) is 72.8 Å². The Morgan fingerprint density at radius 1 is 0.913 bits per heavy atom. The smallest absolute Gasteiger partial charge is 0.303 e. The highest BCUT2D eigenvalue weighted by molar-refractivity contribution is 5.82. The molecule has 116 valence electrons. The zero-order valence-electron chi connectivity index (χ0n) is 13.2. The van der Waals surface area contributed by atoms with E-state index in [2.05, 4.69) is 36.4 Å². The zero-order chi connectivity index (χ0) is 16.1. The Balaban J connectivity index is 1.75. The molecule has 0 aliphatic rings. The highest BCUT2D eigenvalue weighted by Crippen LogP contribution is 2.24. The lowest BCUT2D eigenvalue weighted by molar-refractivity contribution is -0.147. The largest absolute Gasteiger partial charge is 0.458 e. The van der Waals surface area contributed by atoms with Crippen LogP contribution in [0.5, 0.6) is 0 Å². The summed E-state index contributed by atoms with van der Waals surface area (Å²) < 4.78 is 5.51. The van der Waals surface area contributed by atoms with E-state index in [0.717, 1.165) is 18.4 Å². The van der Waals surface area contributed by atoms with Crippen molar-refractivity contribution in [3.63, 3.8) is 0 Å². The van der Waals surface area contributed by atoms with E-state index >= 15 is 0 Å². The van der Waals surface area contributed by atoms with E-state index in [1.807, 2.05) is 36.4 Å². The Morgan fingerprint density at radius 3 is 2.35 bits per heavy atom. The molecule has 3 aromatic rings. The van der Waals surface area contributed by atoms with Gasteiger partial charge in [-0.05, 0) is 34.7 Å². The van der Waals surface area contributed by atoms with Crippen LogP contribution in [0, 0.1) is 0 Å². The van der Waals surface area contributed by atoms with E-state index in [4.69, 9.17) is 4.74 Å². The highest BCUT2D eigenvalue weighted by Gasteiger charge is 2.14. The Bertz CT molecular complexity index is 793. The van der Waals surface area contributed by atoms with Gasteiger partial charge in [0.15, 0.2) is 0 Å². The molecule has 2 heteroatoms. The van der Waals surface area contributed by atoms with Crippen LogP contribution in [0.25, 0.3) is 10.8 Å². The summed E-state index contributed by atoms with van der Waals surface area (Å²) in [6.07, 6.45) is 1.46. The maximum absolute atomic E-state index is 11.4. The Morgan fingerprint density at radius 2 is 1.61 bits per heavy atom. The third kappa shape index (κ3) is 3.98. The molecule has 0 heterocycles. The lowest BCUT2D eigenvalue weighted by atomic mass is 9.99. The number of carbonyl (C=O) groups excluding carboxylic acids is 1. The van der Waals surface area contributed by atoms with Crippen molar-refractivity contribution < 1.29 is 9.53 Å². The first kappa shape index (κ1) is 15.3. The van der Waals surface area contributed by atoms with E-state index < -0.39 is 0 Å². The van der Waals surface area contributed by atoms with Crippen molar-refractivity contribution in [3.8, 4) is 0 Å². The standard InChI is InChI=1S/C21H20O2/c1-16(22)23-21(19-8-3-2-4-9-19)14-12-17-11-13-18-7-5-6-10-20(18)15-17/h2-11,13,15,21H,12,14H2,1H3. The minimum Gasteiger partial charge on any atom is -0.458 e. The summed E-state index contributed by atoms with van der Waals surface area (Å²) in [5.74, 6) is -0.239. The van der Waals surface area contributed by atoms with Gasteiger partial charge in [-0.15, -0.1) is 0 Å². The van der Waals surface area contributed by atoms with Crippen molar-refractivity contribution in [1.29, 1.82) is 0 Å². The van der Waals surface area contributed by atoms with E-state index in [9.17, 15) is 4.79 Å². The molecular formula is C21H20O2. The first-order valence-electron chi connectivity index (χ1n) is 7.92. The van der Waals surface area contributed by atoms with E-state index in [1.165, 1.54) is 23.3 Å². The summed E-state index contributed by atoms with van der Waals surface area (Å²) >= 11 is 0. The maximum atomic E-state index is 11.4. The maximum Gasteiger partial charge on any atom is 0.303 e. The fourth-order valence-electron chi connectivity index (χ4n) is 2.85. The normalized spacial score (nSPS) is 12.0. The summed E-state index contributed by atoms with van der Waals surface area (Å²) in [5, 5.41) is 2.49. The van der Waals surface area contributed by atoms with Crippen molar-refractivity contribution in [2.45, 2.75) is 25.9 Å². The highest BCUT2D eigenvalue weighted by atomic mass is 16.5. The molecule has 0 amide bonds. The molecule has 0 saturated carbocycles. The van der Waals surface area contributed by atoms with Crippen LogP contribution in [0.4, 0.5) is 0 Å². The van der Waals surface area contributed by atoms with Crippen molar-refractivity contribution in [2.75, 3.05) is 0 Å². The molecule has 0 aromatic heterocycles. The number of hydrogen-bond acceptors (Lipinski definition) is 2. The molecule has 23 heavy (non-hydrogen) atoms. The molecule has 0 spiro atoms. The first-order chi connectivity index (χ1) is 11.2. The number of rotatable bonds is 5. The van der Waals surface area contributed by atoms with Gasteiger partial charge in [0.1, 0.15) is 6.10 Å². The lowest BCUT2D eigenvalue weighted by Gasteiger charge is -2.17. The number of ether oxygens (including phenoxy) is 1. The first-order valence-corrected chi connectivity index (χ1v) is 7.92. The van der Waals surface area contributed by atoms with Crippen LogP contribution >= 0.6 is 0 Å². The summed E-state index contributed by atoms with van der Waals surface area (Å²) in [5.41, 5.74) is 2.31. The molecule has 0 aliphatic carbocycles. The van der Waals surface area contributed by atoms with Gasteiger partial charge < -0.3 is 4.74 Å². The number of fused-ring (bicyclic) bond motifs is 1. The van der Waals surface area contributed by atoms with Crippen LogP contribution < -0.4 is 0 Å². The summed E-state index contributed by atoms with van der Waals surface area (Å²) in [4.78, 5) is 11.4. The number of esters is 1. The Hall–Kier alpha value is -2.61. The van der Waals surface area contributed by atoms with Gasteiger partial charge in [-0.3, -0.25) is 4.79 Å². The third-order valence-electron chi connectivity index (χ3n) is 3.99. The summed E-state index contributed by atoms with van der Waals surface area (Å²) in [7, 11) is 0. The molecule has 3 rings (SSSR count). The van der Waals surface area contributed by atoms with Crippen molar-refractivity contribution in [2.24, 2.45) is 0 Å². The topological polar surface area (TPSA) is 26.3 Å². The van der Waals surface area contributed by atoms with E-state index in [-0.39, 0.29) is 12.1 Å².